The molecule has 0 amide bonds. The zero-order valence-electron chi connectivity index (χ0n) is 33.9. The SMILES string of the molecule is C[Si](C)(C)C(c1cc(C([Si](C)(C)C)[Si](C)(C)C)c(B([S-])[S-])c(C([Si](C)(C)C)[Si](C)(C)C)c1)[Si](C)(C)C.Cc1[c-]c(C)cc(C)c1.[Ti+3]. The molecule has 0 N–H and O–H groups in total. The van der Waals surface area contributed by atoms with Crippen molar-refractivity contribution in [2.75, 3.05) is 0 Å². The molecule has 0 aliphatic rings. The number of aryl methyl sites for hydroxylation is 3. The topological polar surface area (TPSA) is 0 Å². The van der Waals surface area contributed by atoms with E-state index in [-0.39, 0.29) is 27.0 Å². The first kappa shape index (κ1) is 47.2. The van der Waals surface area contributed by atoms with Crippen molar-refractivity contribution in [1.29, 1.82) is 0 Å². The molecule has 0 spiro atoms. The molecule has 2 rings (SSSR count). The molecule has 1 radical (unpaired) electrons. The molecule has 0 fully saturated rings. The predicted molar refractivity (Wildman–Crippen MR) is 234 cm³/mol. The third kappa shape index (κ3) is 13.4. The molecule has 0 unspecified atom stereocenters. The third-order valence-electron chi connectivity index (χ3n) is 8.94. The van der Waals surface area contributed by atoms with E-state index in [1.807, 2.05) is 0 Å². The Labute approximate surface area is 320 Å². The van der Waals surface area contributed by atoms with Gasteiger partial charge in [0.15, 0.2) is 0 Å². The Hall–Kier alpha value is 1.22. The number of hydrogen-bond acceptors (Lipinski definition) is 2. The minimum Gasteiger partial charge on any atom is -0.844 e. The summed E-state index contributed by atoms with van der Waals surface area (Å²) < 4.78 is 0. The van der Waals surface area contributed by atoms with Crippen molar-refractivity contribution in [1.82, 2.24) is 0 Å². The summed E-state index contributed by atoms with van der Waals surface area (Å²) in [4.78, 5) is 0. The summed E-state index contributed by atoms with van der Waals surface area (Å²) in [6.07, 6.45) is 0. The Morgan fingerprint density at radius 2 is 0.739 bits per heavy atom. The van der Waals surface area contributed by atoms with Crippen LogP contribution in [0.25, 0.3) is 0 Å². The minimum absolute atomic E-state index is 0. The molecular weight excluding hydrogens is 724 g/mol. The standard InChI is InChI=1S/C27H59BS2Si6.C9H11.Ti/c1-31(2,3)25(32(4,5)6)21-19-22(26(33(7,8)9)34(10,11)12)24(28(29)30)23(20-21)27(35(13,14)15)36(16,17)18;1-7-4-8(2)6-9(3)5-7;/h19-20,25-27H,1-18H3;4-5H,1-3H3;/q-2;-1;+3. The van der Waals surface area contributed by atoms with Gasteiger partial charge in [-0.05, 0) is 21.1 Å². The van der Waals surface area contributed by atoms with Crippen molar-refractivity contribution >= 4 is 84.1 Å². The van der Waals surface area contributed by atoms with Gasteiger partial charge in [-0.15, -0.1) is 5.46 Å². The van der Waals surface area contributed by atoms with Gasteiger partial charge in [0.2, 0.25) is 0 Å². The second kappa shape index (κ2) is 16.7. The summed E-state index contributed by atoms with van der Waals surface area (Å²) in [5, 5.41) is 1.82. The van der Waals surface area contributed by atoms with Crippen molar-refractivity contribution in [2.45, 2.75) is 154 Å². The fourth-order valence-corrected chi connectivity index (χ4v) is 48.3. The molecule has 2 aromatic rings. The van der Waals surface area contributed by atoms with E-state index in [0.717, 1.165) is 5.16 Å². The maximum atomic E-state index is 6.10. The summed E-state index contributed by atoms with van der Waals surface area (Å²) in [5.74, 6) is 0. The minimum atomic E-state index is -1.52. The first-order chi connectivity index (χ1) is 19.7. The van der Waals surface area contributed by atoms with E-state index in [9.17, 15) is 0 Å². The summed E-state index contributed by atoms with van der Waals surface area (Å²) in [7, 11) is -9.00. The van der Waals surface area contributed by atoms with Gasteiger partial charge in [-0.2, -0.15) is 40.2 Å². The van der Waals surface area contributed by atoms with Gasteiger partial charge in [0.05, 0.1) is 0 Å². The van der Waals surface area contributed by atoms with Gasteiger partial charge >= 0.3 is 21.7 Å². The van der Waals surface area contributed by atoms with Crippen molar-refractivity contribution in [3.8, 4) is 0 Å². The first-order valence-electron chi connectivity index (χ1n) is 17.2. The fraction of sp³-hybridized carbons (Fsp3) is 0.667. The number of benzene rings is 2. The molecule has 0 aromatic heterocycles. The smallest absolute Gasteiger partial charge is 0.844 e. The van der Waals surface area contributed by atoms with Gasteiger partial charge in [0.1, 0.15) is 0 Å². The number of hydrogen-bond donors (Lipinski definition) is 0. The van der Waals surface area contributed by atoms with Gasteiger partial charge in [-0.1, -0.05) is 162 Å². The summed E-state index contributed by atoms with van der Waals surface area (Å²) in [6.45, 7) is 53.0. The van der Waals surface area contributed by atoms with E-state index in [1.54, 1.807) is 16.7 Å². The van der Waals surface area contributed by atoms with Crippen molar-refractivity contribution < 1.29 is 21.7 Å². The first-order valence-corrected chi connectivity index (χ1v) is 39.6. The van der Waals surface area contributed by atoms with Crippen molar-refractivity contribution in [3.05, 3.63) is 63.7 Å². The van der Waals surface area contributed by atoms with Crippen LogP contribution in [0.4, 0.5) is 0 Å². The van der Waals surface area contributed by atoms with Crippen LogP contribution in [0.1, 0.15) is 48.9 Å². The number of rotatable bonds is 10. The largest absolute Gasteiger partial charge is 3.00 e. The Kier molecular flexibility index (Phi) is 17.1. The van der Waals surface area contributed by atoms with Crippen LogP contribution in [-0.4, -0.2) is 53.7 Å². The molecule has 0 bridgehead atoms. The van der Waals surface area contributed by atoms with E-state index in [0.29, 0.717) is 10.3 Å². The fourth-order valence-electron chi connectivity index (χ4n) is 9.51. The van der Waals surface area contributed by atoms with Gasteiger partial charge in [0.25, 0.3) is 0 Å². The molecule has 0 aliphatic heterocycles. The predicted octanol–water partition coefficient (Wildman–Crippen LogP) is 11.4. The zero-order valence-corrected chi connectivity index (χ0v) is 43.1. The Balaban J connectivity index is 0.00000173. The van der Waals surface area contributed by atoms with E-state index < -0.39 is 48.4 Å². The average molecular weight is 794 g/mol. The van der Waals surface area contributed by atoms with Crippen LogP contribution >= 0.6 is 0 Å². The second-order valence-corrected chi connectivity index (χ2v) is 55.3. The van der Waals surface area contributed by atoms with Crippen LogP contribution in [0.5, 0.6) is 0 Å². The van der Waals surface area contributed by atoms with E-state index >= 15 is 0 Å². The van der Waals surface area contributed by atoms with Crippen LogP contribution in [0.3, 0.4) is 0 Å². The molecule has 0 saturated heterocycles. The molecule has 46 heavy (non-hydrogen) atoms. The Morgan fingerprint density at radius 3 is 0.935 bits per heavy atom. The molecule has 0 saturated carbocycles. The molecule has 10 heteroatoms. The summed E-state index contributed by atoms with van der Waals surface area (Å²) >= 11 is 12.2. The van der Waals surface area contributed by atoms with Crippen molar-refractivity contribution in [2.24, 2.45) is 0 Å². The van der Waals surface area contributed by atoms with E-state index in [2.05, 4.69) is 169 Å². The summed E-state index contributed by atoms with van der Waals surface area (Å²) in [5.41, 5.74) is 10.1. The summed E-state index contributed by atoms with van der Waals surface area (Å²) in [6, 6.07) is 12.9. The Bertz CT molecular complexity index is 1150. The molecule has 0 aliphatic carbocycles. The zero-order chi connectivity index (χ0) is 35.9. The Morgan fingerprint density at radius 1 is 0.478 bits per heavy atom. The van der Waals surface area contributed by atoms with Crippen LogP contribution in [0, 0.1) is 26.8 Å². The van der Waals surface area contributed by atoms with Gasteiger partial charge < -0.3 is 25.0 Å². The van der Waals surface area contributed by atoms with E-state index in [4.69, 9.17) is 25.0 Å². The van der Waals surface area contributed by atoms with Gasteiger partial charge in [-0.25, -0.2) is 0 Å². The van der Waals surface area contributed by atoms with Crippen LogP contribution in [0.2, 0.25) is 118 Å². The molecular formula is C36H70BS2Si6Ti. The monoisotopic (exact) mass is 793 g/mol. The van der Waals surface area contributed by atoms with Crippen LogP contribution in [-0.2, 0) is 46.7 Å². The third-order valence-corrected chi connectivity index (χ3v) is 37.3. The van der Waals surface area contributed by atoms with Crippen LogP contribution < -0.4 is 5.46 Å². The normalized spacial score (nSPS) is 13.5. The van der Waals surface area contributed by atoms with Crippen LogP contribution in [0.15, 0.2) is 24.3 Å². The molecule has 2 aromatic carbocycles. The second-order valence-electron chi connectivity index (χ2n) is 20.5. The van der Waals surface area contributed by atoms with Gasteiger partial charge in [-0.3, -0.25) is 0 Å². The molecule has 0 atom stereocenters. The van der Waals surface area contributed by atoms with E-state index in [1.165, 1.54) is 22.2 Å². The maximum absolute atomic E-state index is 6.10. The molecule has 0 heterocycles. The average Bonchev–Trinajstić information content (AvgIpc) is 2.65. The quantitative estimate of drug-likeness (QED) is 0.134. The maximum Gasteiger partial charge on any atom is 3.00 e. The molecule has 257 valence electrons. The molecule has 0 nitrogen and oxygen atoms in total. The van der Waals surface area contributed by atoms with Crippen molar-refractivity contribution in [3.63, 3.8) is 0 Å². The van der Waals surface area contributed by atoms with Gasteiger partial charge in [0, 0.05) is 48.4 Å².